The molecular formula is C12H18N4O. The van der Waals surface area contributed by atoms with E-state index in [0.717, 1.165) is 42.4 Å². The Bertz CT molecular complexity index is 506. The number of aryl methyl sites for hydroxylation is 2. The number of aromatic nitrogens is 3. The van der Waals surface area contributed by atoms with Gasteiger partial charge in [-0.25, -0.2) is 9.97 Å². The smallest absolute Gasteiger partial charge is 0.234 e. The first-order chi connectivity index (χ1) is 8.22. The predicted molar refractivity (Wildman–Crippen MR) is 65.9 cm³/mol. The summed E-state index contributed by atoms with van der Waals surface area (Å²) >= 11 is 0. The van der Waals surface area contributed by atoms with Crippen LogP contribution in [0.5, 0.6) is 0 Å². The number of imidazole rings is 1. The Balaban J connectivity index is 2.18. The Kier molecular flexibility index (Phi) is 3.71. The number of hydrogen-bond acceptors (Lipinski definition) is 4. The van der Waals surface area contributed by atoms with Crippen molar-refractivity contribution in [3.05, 3.63) is 29.3 Å². The predicted octanol–water partition coefficient (Wildman–Crippen LogP) is 0.818. The summed E-state index contributed by atoms with van der Waals surface area (Å²) in [7, 11) is 0. The fraction of sp³-hybridized carbons (Fsp3) is 0.500. The van der Waals surface area contributed by atoms with Crippen LogP contribution in [0.1, 0.15) is 23.5 Å². The number of nitrogens with one attached hydrogen (secondary N) is 1. The third-order valence-corrected chi connectivity index (χ3v) is 2.68. The maximum atomic E-state index is 8.70. The number of aliphatic hydroxyl groups excluding tert-OH is 1. The van der Waals surface area contributed by atoms with Gasteiger partial charge in [0.25, 0.3) is 0 Å². The van der Waals surface area contributed by atoms with Crippen molar-refractivity contribution < 1.29 is 5.11 Å². The minimum Gasteiger partial charge on any atom is -0.396 e. The van der Waals surface area contributed by atoms with E-state index < -0.39 is 0 Å². The van der Waals surface area contributed by atoms with Crippen LogP contribution in [0.2, 0.25) is 0 Å². The van der Waals surface area contributed by atoms with E-state index in [9.17, 15) is 0 Å². The Morgan fingerprint density at radius 3 is 3.00 bits per heavy atom. The van der Waals surface area contributed by atoms with E-state index in [-0.39, 0.29) is 6.61 Å². The zero-order valence-corrected chi connectivity index (χ0v) is 10.3. The standard InChI is InChI=1S/C12H18N4O/c1-9-6-10(2)16-11(7-13-4-3-5-17)8-14-12(16)15-9/h6,8,13,17H,3-5,7H2,1-2H3. The van der Waals surface area contributed by atoms with Crippen molar-refractivity contribution in [3.8, 4) is 0 Å². The van der Waals surface area contributed by atoms with Gasteiger partial charge in [0.15, 0.2) is 0 Å². The van der Waals surface area contributed by atoms with Gasteiger partial charge in [0.1, 0.15) is 0 Å². The molecule has 5 nitrogen and oxygen atoms in total. The molecule has 0 amide bonds. The van der Waals surface area contributed by atoms with Crippen LogP contribution in [-0.4, -0.2) is 32.6 Å². The molecule has 0 radical (unpaired) electrons. The summed E-state index contributed by atoms with van der Waals surface area (Å²) in [5, 5.41) is 12.0. The van der Waals surface area contributed by atoms with E-state index in [4.69, 9.17) is 5.11 Å². The summed E-state index contributed by atoms with van der Waals surface area (Å²) in [5.41, 5.74) is 3.23. The maximum Gasteiger partial charge on any atom is 0.234 e. The van der Waals surface area contributed by atoms with Gasteiger partial charge in [-0.1, -0.05) is 0 Å². The van der Waals surface area contributed by atoms with E-state index in [0.29, 0.717) is 0 Å². The molecule has 2 aromatic heterocycles. The van der Waals surface area contributed by atoms with Crippen molar-refractivity contribution >= 4 is 5.78 Å². The second-order valence-electron chi connectivity index (χ2n) is 4.18. The number of fused-ring (bicyclic) bond motifs is 1. The third-order valence-electron chi connectivity index (χ3n) is 2.68. The summed E-state index contributed by atoms with van der Waals surface area (Å²) in [5.74, 6) is 0.751. The van der Waals surface area contributed by atoms with Gasteiger partial charge in [-0.2, -0.15) is 0 Å². The van der Waals surface area contributed by atoms with Gasteiger partial charge in [0, 0.05) is 24.5 Å². The molecule has 0 aliphatic carbocycles. The molecule has 0 saturated heterocycles. The maximum absolute atomic E-state index is 8.70. The average Bonchev–Trinajstić information content (AvgIpc) is 2.68. The summed E-state index contributed by atoms with van der Waals surface area (Å²) in [6.07, 6.45) is 2.62. The molecule has 0 aromatic carbocycles. The molecule has 2 N–H and O–H groups in total. The lowest BCUT2D eigenvalue weighted by molar-refractivity contribution is 0.286. The first-order valence-electron chi connectivity index (χ1n) is 5.84. The van der Waals surface area contributed by atoms with Gasteiger partial charge in [-0.05, 0) is 32.9 Å². The van der Waals surface area contributed by atoms with E-state index in [1.165, 1.54) is 0 Å². The first-order valence-corrected chi connectivity index (χ1v) is 5.84. The Morgan fingerprint density at radius 2 is 2.24 bits per heavy atom. The number of nitrogens with zero attached hydrogens (tertiary/aromatic N) is 3. The van der Waals surface area contributed by atoms with Gasteiger partial charge in [-0.3, -0.25) is 4.40 Å². The van der Waals surface area contributed by atoms with E-state index >= 15 is 0 Å². The summed E-state index contributed by atoms with van der Waals surface area (Å²) in [6.45, 7) is 5.80. The minimum atomic E-state index is 0.222. The molecule has 2 aromatic rings. The number of rotatable bonds is 5. The van der Waals surface area contributed by atoms with Crippen LogP contribution in [0.25, 0.3) is 5.78 Å². The van der Waals surface area contributed by atoms with Crippen LogP contribution in [-0.2, 0) is 6.54 Å². The summed E-state index contributed by atoms with van der Waals surface area (Å²) < 4.78 is 2.05. The number of hydrogen-bond donors (Lipinski definition) is 2. The molecule has 0 saturated carbocycles. The Labute approximate surface area is 101 Å². The van der Waals surface area contributed by atoms with Gasteiger partial charge in [-0.15, -0.1) is 0 Å². The van der Waals surface area contributed by atoms with Crippen LogP contribution < -0.4 is 5.32 Å². The zero-order chi connectivity index (χ0) is 12.3. The van der Waals surface area contributed by atoms with Crippen molar-refractivity contribution in [2.24, 2.45) is 0 Å². The summed E-state index contributed by atoms with van der Waals surface area (Å²) in [4.78, 5) is 8.69. The molecule has 17 heavy (non-hydrogen) atoms. The van der Waals surface area contributed by atoms with Crippen LogP contribution in [0.4, 0.5) is 0 Å². The summed E-state index contributed by atoms with van der Waals surface area (Å²) in [6, 6.07) is 2.05. The minimum absolute atomic E-state index is 0.222. The monoisotopic (exact) mass is 234 g/mol. The number of aliphatic hydroxyl groups is 1. The van der Waals surface area contributed by atoms with Crippen molar-refractivity contribution in [2.45, 2.75) is 26.8 Å². The lowest BCUT2D eigenvalue weighted by atomic mass is 10.3. The fourth-order valence-electron chi connectivity index (χ4n) is 1.94. The van der Waals surface area contributed by atoms with Crippen LogP contribution in [0, 0.1) is 13.8 Å². The Morgan fingerprint density at radius 1 is 1.41 bits per heavy atom. The quantitative estimate of drug-likeness (QED) is 0.752. The highest BCUT2D eigenvalue weighted by molar-refractivity contribution is 5.35. The third kappa shape index (κ3) is 2.62. The molecule has 5 heteroatoms. The highest BCUT2D eigenvalue weighted by atomic mass is 16.3. The molecule has 0 fully saturated rings. The average molecular weight is 234 g/mol. The molecule has 0 aliphatic heterocycles. The van der Waals surface area contributed by atoms with Gasteiger partial charge in [0.05, 0.1) is 11.9 Å². The van der Waals surface area contributed by atoms with Crippen molar-refractivity contribution in [2.75, 3.05) is 13.2 Å². The van der Waals surface area contributed by atoms with E-state index in [2.05, 4.69) is 26.6 Å². The first kappa shape index (κ1) is 12.0. The van der Waals surface area contributed by atoms with Gasteiger partial charge >= 0.3 is 0 Å². The normalized spacial score (nSPS) is 11.2. The molecule has 2 heterocycles. The molecule has 0 aliphatic rings. The zero-order valence-electron chi connectivity index (χ0n) is 10.3. The van der Waals surface area contributed by atoms with Crippen molar-refractivity contribution in [1.82, 2.24) is 19.7 Å². The highest BCUT2D eigenvalue weighted by Crippen LogP contribution is 2.09. The highest BCUT2D eigenvalue weighted by Gasteiger charge is 2.06. The lowest BCUT2D eigenvalue weighted by Crippen LogP contribution is -2.17. The molecule has 92 valence electrons. The topological polar surface area (TPSA) is 62.5 Å². The van der Waals surface area contributed by atoms with Gasteiger partial charge in [0.2, 0.25) is 5.78 Å². The molecule has 0 spiro atoms. The molecule has 0 atom stereocenters. The lowest BCUT2D eigenvalue weighted by Gasteiger charge is -2.06. The Hall–Kier alpha value is -1.46. The van der Waals surface area contributed by atoms with Crippen LogP contribution in [0.3, 0.4) is 0 Å². The van der Waals surface area contributed by atoms with Gasteiger partial charge < -0.3 is 10.4 Å². The fourth-order valence-corrected chi connectivity index (χ4v) is 1.94. The van der Waals surface area contributed by atoms with Crippen LogP contribution in [0.15, 0.2) is 12.3 Å². The van der Waals surface area contributed by atoms with E-state index in [1.807, 2.05) is 19.2 Å². The van der Waals surface area contributed by atoms with Crippen molar-refractivity contribution in [1.29, 1.82) is 0 Å². The second-order valence-corrected chi connectivity index (χ2v) is 4.18. The SMILES string of the molecule is Cc1cc(C)n2c(CNCCCO)cnc2n1. The molecule has 2 rings (SSSR count). The molecule has 0 unspecified atom stereocenters. The van der Waals surface area contributed by atoms with E-state index in [1.54, 1.807) is 0 Å². The molecular weight excluding hydrogens is 216 g/mol. The second kappa shape index (κ2) is 5.25. The van der Waals surface area contributed by atoms with Crippen molar-refractivity contribution in [3.63, 3.8) is 0 Å². The largest absolute Gasteiger partial charge is 0.396 e. The molecule has 0 bridgehead atoms. The van der Waals surface area contributed by atoms with Crippen LogP contribution >= 0.6 is 0 Å².